The molecule has 2 heterocycles. The quantitative estimate of drug-likeness (QED) is 0.129. The molecule has 2 aromatic carbocycles. The lowest BCUT2D eigenvalue weighted by molar-refractivity contribution is -0.134. The number of nitrogens with one attached hydrogen (secondary N) is 9. The van der Waals surface area contributed by atoms with E-state index >= 15 is 0 Å². The second-order valence-corrected chi connectivity index (χ2v) is 12.7. The maximum absolute atomic E-state index is 14.0. The highest BCUT2D eigenvalue weighted by atomic mass is 16.2. The van der Waals surface area contributed by atoms with Crippen LogP contribution in [0, 0.1) is 0 Å². The summed E-state index contributed by atoms with van der Waals surface area (Å²) in [6, 6.07) is 9.32. The number of nitrogens with zero attached hydrogens (tertiary/aromatic N) is 1. The summed E-state index contributed by atoms with van der Waals surface area (Å²) < 4.78 is 0. The van der Waals surface area contributed by atoms with Gasteiger partial charge < -0.3 is 47.5 Å². The van der Waals surface area contributed by atoms with E-state index in [2.05, 4.69) is 52.5 Å². The van der Waals surface area contributed by atoms with Crippen molar-refractivity contribution in [1.82, 2.24) is 52.5 Å². The van der Waals surface area contributed by atoms with Gasteiger partial charge in [0.15, 0.2) is 0 Å². The molecule has 3 atom stereocenters. The summed E-state index contributed by atoms with van der Waals surface area (Å²) in [5.41, 5.74) is 1.09. The Morgan fingerprint density at radius 3 is 2.15 bits per heavy atom. The fraction of sp³-hybridized carbons (Fsp3) is 0.417. The highest BCUT2D eigenvalue weighted by Crippen LogP contribution is 2.17. The summed E-state index contributed by atoms with van der Waals surface area (Å²) >= 11 is 0. The molecule has 8 amide bonds. The molecule has 1 saturated heterocycles. The molecular formula is C36H46N10O8. The molecule has 0 radical (unpaired) electrons. The molecule has 0 aliphatic carbocycles. The summed E-state index contributed by atoms with van der Waals surface area (Å²) in [6.07, 6.45) is 3.53. The Hall–Kier alpha value is -6.33. The molecule has 0 bridgehead atoms. The van der Waals surface area contributed by atoms with Gasteiger partial charge in [-0.3, -0.25) is 38.4 Å². The first kappa shape index (κ1) is 40.4. The second kappa shape index (κ2) is 20.6. The molecule has 1 aromatic heterocycles. The first-order valence-corrected chi connectivity index (χ1v) is 17.6. The Kier molecular flexibility index (Phi) is 15.5. The Labute approximate surface area is 311 Å². The standard InChI is InChI=1S/C36H46N10O8/c1-22(47)40-20-33(51)44-27-10-11-30(48)38-12-4-5-13-39-31(49)18-41-32(50)19-42-34(52)28(15-23-8-9-24-6-2-3-7-25(24)14-23)45-36(54)29(46-35(27)53)16-26-17-37-21-43-26/h2-3,6-9,14,17,21,27-29H,4-5,10-13,15-16,18-20H2,1H3,(H,37,43)(H,38,48)(H,39,49)(H,40,47)(H,41,50)(H,42,52)(H,44,51)(H,45,54)(H,46,53)/t27-,28+,29-/m0/s1. The molecule has 18 nitrogen and oxygen atoms in total. The molecule has 54 heavy (non-hydrogen) atoms. The number of imidazole rings is 1. The van der Waals surface area contributed by atoms with E-state index in [0.717, 1.165) is 10.8 Å². The van der Waals surface area contributed by atoms with Crippen LogP contribution in [0.3, 0.4) is 0 Å². The third-order valence-corrected chi connectivity index (χ3v) is 8.41. The van der Waals surface area contributed by atoms with Gasteiger partial charge in [-0.15, -0.1) is 0 Å². The minimum absolute atomic E-state index is 0.00640. The van der Waals surface area contributed by atoms with E-state index < -0.39 is 78.5 Å². The normalized spacial score (nSPS) is 20.3. The summed E-state index contributed by atoms with van der Waals surface area (Å²) in [4.78, 5) is 110. The van der Waals surface area contributed by atoms with Crippen LogP contribution in [0.4, 0.5) is 0 Å². The Bertz CT molecular complexity index is 1820. The summed E-state index contributed by atoms with van der Waals surface area (Å²) in [6.45, 7) is 0.568. The molecule has 0 saturated carbocycles. The van der Waals surface area contributed by atoms with Gasteiger partial charge >= 0.3 is 0 Å². The number of carbonyl (C=O) groups excluding carboxylic acids is 8. The van der Waals surface area contributed by atoms with Gasteiger partial charge in [-0.25, -0.2) is 4.98 Å². The number of rotatable bonds is 7. The molecule has 288 valence electrons. The van der Waals surface area contributed by atoms with Crippen molar-refractivity contribution in [2.45, 2.75) is 63.6 Å². The van der Waals surface area contributed by atoms with Gasteiger partial charge in [-0.05, 0) is 35.6 Å². The van der Waals surface area contributed by atoms with Crippen molar-refractivity contribution >= 4 is 58.0 Å². The summed E-state index contributed by atoms with van der Waals surface area (Å²) in [5, 5.41) is 22.5. The molecule has 0 unspecified atom stereocenters. The first-order valence-electron chi connectivity index (χ1n) is 17.6. The van der Waals surface area contributed by atoms with Crippen molar-refractivity contribution < 1.29 is 38.4 Å². The lowest BCUT2D eigenvalue weighted by Crippen LogP contribution is -2.58. The molecule has 1 aliphatic rings. The van der Waals surface area contributed by atoms with Crippen molar-refractivity contribution in [3.8, 4) is 0 Å². The molecule has 4 rings (SSSR count). The van der Waals surface area contributed by atoms with Crippen LogP contribution >= 0.6 is 0 Å². The van der Waals surface area contributed by atoms with E-state index in [9.17, 15) is 38.4 Å². The lowest BCUT2D eigenvalue weighted by Gasteiger charge is -2.25. The highest BCUT2D eigenvalue weighted by Gasteiger charge is 2.31. The van der Waals surface area contributed by atoms with Crippen molar-refractivity contribution in [3.63, 3.8) is 0 Å². The smallest absolute Gasteiger partial charge is 0.243 e. The molecule has 1 fully saturated rings. The Balaban J connectivity index is 1.61. The molecular weight excluding hydrogens is 700 g/mol. The van der Waals surface area contributed by atoms with Crippen LogP contribution in [0.15, 0.2) is 55.0 Å². The number of hydrogen-bond donors (Lipinski definition) is 9. The first-order chi connectivity index (χ1) is 26.0. The number of benzene rings is 2. The van der Waals surface area contributed by atoms with Crippen LogP contribution in [0.5, 0.6) is 0 Å². The zero-order chi connectivity index (χ0) is 38.9. The highest BCUT2D eigenvalue weighted by molar-refractivity contribution is 5.96. The molecule has 3 aromatic rings. The second-order valence-electron chi connectivity index (χ2n) is 12.7. The van der Waals surface area contributed by atoms with E-state index in [1.807, 2.05) is 42.5 Å². The van der Waals surface area contributed by atoms with Crippen LogP contribution in [-0.4, -0.2) is 108 Å². The SMILES string of the molecule is CC(=O)NCC(=O)N[C@H]1CCC(=O)NCCCCNC(=O)CNC(=O)CNC(=O)[C@@H](Cc2ccc3ccccc3c2)NC(=O)[C@H](Cc2c[nH]cn2)NC1=O. The molecule has 18 heteroatoms. The monoisotopic (exact) mass is 746 g/mol. The number of amides is 8. The van der Waals surface area contributed by atoms with Gasteiger partial charge in [0.1, 0.15) is 18.1 Å². The number of hydrogen-bond acceptors (Lipinski definition) is 9. The maximum atomic E-state index is 14.0. The molecule has 9 N–H and O–H groups in total. The maximum Gasteiger partial charge on any atom is 0.243 e. The average Bonchev–Trinajstić information content (AvgIpc) is 3.67. The number of fused-ring (bicyclic) bond motifs is 1. The Morgan fingerprint density at radius 1 is 0.759 bits per heavy atom. The van der Waals surface area contributed by atoms with E-state index in [4.69, 9.17) is 0 Å². The average molecular weight is 747 g/mol. The Morgan fingerprint density at radius 2 is 1.43 bits per heavy atom. The number of H-pyrrole nitrogens is 1. The van der Waals surface area contributed by atoms with Crippen LogP contribution < -0.4 is 42.5 Å². The van der Waals surface area contributed by atoms with E-state index in [1.165, 1.54) is 19.4 Å². The zero-order valence-electron chi connectivity index (χ0n) is 29.9. The summed E-state index contributed by atoms with van der Waals surface area (Å²) in [7, 11) is 0. The minimum Gasteiger partial charge on any atom is -0.356 e. The fourth-order valence-electron chi connectivity index (χ4n) is 5.56. The van der Waals surface area contributed by atoms with Gasteiger partial charge in [-0.2, -0.15) is 0 Å². The number of aromatic amines is 1. The number of carbonyl (C=O) groups is 8. The van der Waals surface area contributed by atoms with Gasteiger partial charge in [-0.1, -0.05) is 42.5 Å². The fourth-order valence-corrected chi connectivity index (χ4v) is 5.56. The zero-order valence-corrected chi connectivity index (χ0v) is 29.9. The van der Waals surface area contributed by atoms with Gasteiger partial charge in [0.05, 0.1) is 31.7 Å². The van der Waals surface area contributed by atoms with E-state index in [0.29, 0.717) is 30.6 Å². The summed E-state index contributed by atoms with van der Waals surface area (Å²) in [5.74, 6) is -4.91. The van der Waals surface area contributed by atoms with E-state index in [1.54, 1.807) is 0 Å². The number of aromatic nitrogens is 2. The van der Waals surface area contributed by atoms with Crippen LogP contribution in [0.1, 0.15) is 43.9 Å². The third-order valence-electron chi connectivity index (χ3n) is 8.41. The van der Waals surface area contributed by atoms with E-state index in [-0.39, 0.29) is 38.8 Å². The van der Waals surface area contributed by atoms with Crippen LogP contribution in [-0.2, 0) is 51.2 Å². The third kappa shape index (κ3) is 13.7. The lowest BCUT2D eigenvalue weighted by atomic mass is 10.0. The predicted molar refractivity (Wildman–Crippen MR) is 195 cm³/mol. The van der Waals surface area contributed by atoms with Gasteiger partial charge in [0, 0.05) is 45.5 Å². The van der Waals surface area contributed by atoms with Gasteiger partial charge in [0.25, 0.3) is 0 Å². The van der Waals surface area contributed by atoms with Crippen molar-refractivity contribution in [3.05, 3.63) is 66.2 Å². The minimum atomic E-state index is -1.32. The molecule has 0 spiro atoms. The topological polar surface area (TPSA) is 261 Å². The largest absolute Gasteiger partial charge is 0.356 e. The van der Waals surface area contributed by atoms with Crippen LogP contribution in [0.2, 0.25) is 0 Å². The van der Waals surface area contributed by atoms with Crippen molar-refractivity contribution in [2.75, 3.05) is 32.7 Å². The van der Waals surface area contributed by atoms with Crippen LogP contribution in [0.25, 0.3) is 10.8 Å². The molecule has 1 aliphatic heterocycles. The van der Waals surface area contributed by atoms with Crippen molar-refractivity contribution in [2.24, 2.45) is 0 Å². The van der Waals surface area contributed by atoms with Crippen molar-refractivity contribution in [1.29, 1.82) is 0 Å². The van der Waals surface area contributed by atoms with Gasteiger partial charge in [0.2, 0.25) is 47.3 Å². The predicted octanol–water partition coefficient (Wildman–Crippen LogP) is -2.02.